The van der Waals surface area contributed by atoms with Gasteiger partial charge in [-0.05, 0) is 54.3 Å². The molecule has 0 aliphatic rings. The number of benzene rings is 2. The predicted molar refractivity (Wildman–Crippen MR) is 136 cm³/mol. The second kappa shape index (κ2) is 11.3. The highest BCUT2D eigenvalue weighted by molar-refractivity contribution is 5.88. The molecule has 2 N–H and O–H groups in total. The molecule has 0 radical (unpaired) electrons. The number of carbonyl (C=O) groups excluding carboxylic acids is 2. The molecule has 0 amide bonds. The van der Waals surface area contributed by atoms with Gasteiger partial charge in [-0.3, -0.25) is 0 Å². The highest BCUT2D eigenvalue weighted by Crippen LogP contribution is 2.37. The summed E-state index contributed by atoms with van der Waals surface area (Å²) in [5.74, 6) is -1.71. The number of aliphatic hydroxyl groups is 1. The van der Waals surface area contributed by atoms with Crippen LogP contribution < -0.4 is 0 Å². The molecule has 9 nitrogen and oxygen atoms in total. The van der Waals surface area contributed by atoms with E-state index in [1.807, 2.05) is 20.8 Å². The molecular weight excluding hydrogens is 519 g/mol. The maximum Gasteiger partial charge on any atom is 0.416 e. The van der Waals surface area contributed by atoms with Crippen LogP contribution in [0.1, 0.15) is 44.4 Å². The summed E-state index contributed by atoms with van der Waals surface area (Å²) < 4.78 is 49.4. The molecule has 12 heteroatoms. The Balaban J connectivity index is 1.93. The standard InChI is InChI=1S/C27H28F3N3O6/c1-15(2)25(37)38-14-18(13-34)39-23(35)9-6-16-10-19(26(3,4)5)24(36)22(11-16)33-31-20-8-7-17(27(28,29)30)12-21(20)32-33/h6-12,18,34,36H,1,13-14H2,2-5H3/b9-6+. The zero-order valence-corrected chi connectivity index (χ0v) is 21.7. The molecule has 0 aliphatic carbocycles. The number of hydrogen-bond donors (Lipinski definition) is 2. The van der Waals surface area contributed by atoms with Crippen molar-refractivity contribution < 1.29 is 42.4 Å². The van der Waals surface area contributed by atoms with Crippen molar-refractivity contribution in [1.82, 2.24) is 15.0 Å². The molecule has 1 heterocycles. The minimum atomic E-state index is -4.56. The van der Waals surface area contributed by atoms with Gasteiger partial charge >= 0.3 is 18.1 Å². The van der Waals surface area contributed by atoms with E-state index in [2.05, 4.69) is 16.8 Å². The fraction of sp³-hybridized carbons (Fsp3) is 0.333. The van der Waals surface area contributed by atoms with Crippen LogP contribution in [0.15, 0.2) is 48.6 Å². The summed E-state index contributed by atoms with van der Waals surface area (Å²) >= 11 is 0. The lowest BCUT2D eigenvalue weighted by atomic mass is 9.85. The van der Waals surface area contributed by atoms with E-state index >= 15 is 0 Å². The number of phenols is 1. The van der Waals surface area contributed by atoms with Gasteiger partial charge in [0, 0.05) is 17.2 Å². The second-order valence-electron chi connectivity index (χ2n) is 9.83. The molecule has 0 saturated heterocycles. The van der Waals surface area contributed by atoms with Gasteiger partial charge in [0.05, 0.1) is 12.2 Å². The Labute approximate surface area is 222 Å². The van der Waals surface area contributed by atoms with Crippen molar-refractivity contribution >= 4 is 29.0 Å². The first kappa shape index (κ1) is 29.4. The number of esters is 2. The van der Waals surface area contributed by atoms with Gasteiger partial charge in [-0.2, -0.15) is 13.2 Å². The molecule has 3 rings (SSSR count). The molecule has 39 heavy (non-hydrogen) atoms. The summed E-state index contributed by atoms with van der Waals surface area (Å²) in [5, 5.41) is 28.8. The van der Waals surface area contributed by atoms with Gasteiger partial charge in [-0.15, -0.1) is 15.0 Å². The normalized spacial score (nSPS) is 13.0. The Bertz CT molecular complexity index is 1440. The highest BCUT2D eigenvalue weighted by atomic mass is 19.4. The van der Waals surface area contributed by atoms with Crippen molar-refractivity contribution in [3.63, 3.8) is 0 Å². The van der Waals surface area contributed by atoms with E-state index in [1.165, 1.54) is 25.1 Å². The zero-order chi connectivity index (χ0) is 29.1. The number of aliphatic hydroxyl groups excluding tert-OH is 1. The maximum absolute atomic E-state index is 13.1. The van der Waals surface area contributed by atoms with Crippen LogP contribution in [0.2, 0.25) is 0 Å². The molecule has 0 fully saturated rings. The first-order chi connectivity index (χ1) is 18.1. The lowest BCUT2D eigenvalue weighted by Gasteiger charge is -2.22. The number of phenolic OH excluding ortho intramolecular Hbond substituents is 1. The van der Waals surface area contributed by atoms with Crippen LogP contribution in [0.5, 0.6) is 5.75 Å². The number of carbonyl (C=O) groups is 2. The Morgan fingerprint density at radius 3 is 2.38 bits per heavy atom. The summed E-state index contributed by atoms with van der Waals surface area (Å²) in [6.45, 7) is 9.46. The second-order valence-corrected chi connectivity index (χ2v) is 9.83. The van der Waals surface area contributed by atoms with Gasteiger partial charge in [0.2, 0.25) is 0 Å². The molecule has 0 aliphatic heterocycles. The molecule has 1 unspecified atom stereocenters. The number of aromatic hydroxyl groups is 1. The summed E-state index contributed by atoms with van der Waals surface area (Å²) in [6.07, 6.45) is -3.19. The van der Waals surface area contributed by atoms with E-state index in [0.29, 0.717) is 11.1 Å². The lowest BCUT2D eigenvalue weighted by molar-refractivity contribution is -0.155. The van der Waals surface area contributed by atoms with E-state index in [-0.39, 0.29) is 34.7 Å². The van der Waals surface area contributed by atoms with Crippen molar-refractivity contribution in [1.29, 1.82) is 0 Å². The van der Waals surface area contributed by atoms with E-state index in [0.717, 1.165) is 23.0 Å². The monoisotopic (exact) mass is 547 g/mol. The molecule has 0 bridgehead atoms. The quantitative estimate of drug-likeness (QED) is 0.313. The van der Waals surface area contributed by atoms with Crippen LogP contribution in [0, 0.1) is 0 Å². The van der Waals surface area contributed by atoms with E-state index < -0.39 is 41.8 Å². The van der Waals surface area contributed by atoms with Crippen molar-refractivity contribution in [3.05, 3.63) is 65.3 Å². The van der Waals surface area contributed by atoms with Gasteiger partial charge in [0.25, 0.3) is 0 Å². The van der Waals surface area contributed by atoms with Crippen molar-refractivity contribution in [2.75, 3.05) is 13.2 Å². The number of halogens is 3. The summed E-state index contributed by atoms with van der Waals surface area (Å²) in [6, 6.07) is 6.04. The van der Waals surface area contributed by atoms with Crippen LogP contribution in [0.3, 0.4) is 0 Å². The van der Waals surface area contributed by atoms with Crippen molar-refractivity contribution in [3.8, 4) is 11.4 Å². The van der Waals surface area contributed by atoms with Crippen LogP contribution in [-0.2, 0) is 30.7 Å². The number of nitrogens with zero attached hydrogens (tertiary/aromatic N) is 3. The third kappa shape index (κ3) is 7.23. The zero-order valence-electron chi connectivity index (χ0n) is 21.7. The molecule has 0 spiro atoms. The van der Waals surface area contributed by atoms with Gasteiger partial charge in [-0.25, -0.2) is 9.59 Å². The van der Waals surface area contributed by atoms with Crippen LogP contribution in [0.4, 0.5) is 13.2 Å². The molecular formula is C27H28F3N3O6. The summed E-state index contributed by atoms with van der Waals surface area (Å²) in [5.41, 5.74) is -0.167. The Hall–Kier alpha value is -4.19. The number of alkyl halides is 3. The molecule has 0 saturated carbocycles. The molecule has 3 aromatic rings. The van der Waals surface area contributed by atoms with Crippen molar-refractivity contribution in [2.45, 2.75) is 45.4 Å². The fourth-order valence-corrected chi connectivity index (χ4v) is 3.44. The molecule has 2 aromatic carbocycles. The number of fused-ring (bicyclic) bond motifs is 1. The number of ether oxygens (including phenoxy) is 2. The Morgan fingerprint density at radius 1 is 1.13 bits per heavy atom. The van der Waals surface area contributed by atoms with Crippen LogP contribution >= 0.6 is 0 Å². The lowest BCUT2D eigenvalue weighted by Crippen LogP contribution is -2.28. The minimum absolute atomic E-state index is 0.0200. The first-order valence-corrected chi connectivity index (χ1v) is 11.7. The maximum atomic E-state index is 13.1. The summed E-state index contributed by atoms with van der Waals surface area (Å²) in [7, 11) is 0. The summed E-state index contributed by atoms with van der Waals surface area (Å²) in [4.78, 5) is 24.9. The van der Waals surface area contributed by atoms with Crippen LogP contribution in [-0.4, -0.2) is 56.5 Å². The van der Waals surface area contributed by atoms with E-state index in [9.17, 15) is 33.0 Å². The number of hydrogen-bond acceptors (Lipinski definition) is 8. The highest BCUT2D eigenvalue weighted by Gasteiger charge is 2.31. The topological polar surface area (TPSA) is 124 Å². The molecule has 1 aromatic heterocycles. The van der Waals surface area contributed by atoms with Gasteiger partial charge in [-0.1, -0.05) is 27.4 Å². The molecule has 208 valence electrons. The SMILES string of the molecule is C=C(C)C(=O)OCC(CO)OC(=O)/C=C/c1cc(-n2nc3ccc(C(F)(F)F)cc3n2)c(O)c(C(C)(C)C)c1. The molecule has 1 atom stereocenters. The van der Waals surface area contributed by atoms with Gasteiger partial charge in [0.15, 0.2) is 6.10 Å². The van der Waals surface area contributed by atoms with Gasteiger partial charge in [0.1, 0.15) is 29.1 Å². The number of aromatic nitrogens is 3. The van der Waals surface area contributed by atoms with Gasteiger partial charge < -0.3 is 19.7 Å². The fourth-order valence-electron chi connectivity index (χ4n) is 3.44. The van der Waals surface area contributed by atoms with Crippen molar-refractivity contribution in [2.24, 2.45) is 0 Å². The number of rotatable bonds is 8. The smallest absolute Gasteiger partial charge is 0.416 e. The third-order valence-corrected chi connectivity index (χ3v) is 5.49. The Kier molecular flexibility index (Phi) is 8.49. The average molecular weight is 548 g/mol. The van der Waals surface area contributed by atoms with E-state index in [4.69, 9.17) is 9.47 Å². The average Bonchev–Trinajstić information content (AvgIpc) is 3.27. The Morgan fingerprint density at radius 2 is 1.79 bits per heavy atom. The predicted octanol–water partition coefficient (Wildman–Crippen LogP) is 4.48. The minimum Gasteiger partial charge on any atom is -0.505 e. The largest absolute Gasteiger partial charge is 0.505 e. The third-order valence-electron chi connectivity index (χ3n) is 5.49. The first-order valence-electron chi connectivity index (χ1n) is 11.7. The van der Waals surface area contributed by atoms with Crippen LogP contribution in [0.25, 0.3) is 22.8 Å². The van der Waals surface area contributed by atoms with E-state index in [1.54, 1.807) is 6.07 Å².